The van der Waals surface area contributed by atoms with Gasteiger partial charge in [-0.3, -0.25) is 9.48 Å². The molecule has 0 aromatic carbocycles. The van der Waals surface area contributed by atoms with Crippen molar-refractivity contribution in [1.82, 2.24) is 20.0 Å². The van der Waals surface area contributed by atoms with Gasteiger partial charge in [-0.25, -0.2) is 13.6 Å². The summed E-state index contributed by atoms with van der Waals surface area (Å²) in [5, 5.41) is 12.1. The molecule has 0 bridgehead atoms. The molecule has 0 aliphatic carbocycles. The second-order valence-electron chi connectivity index (χ2n) is 4.87. The van der Waals surface area contributed by atoms with Crippen LogP contribution < -0.4 is 10.5 Å². The third-order valence-corrected chi connectivity index (χ3v) is 4.18. The zero-order valence-corrected chi connectivity index (χ0v) is 13.4. The molecule has 2 rings (SSSR count). The highest BCUT2D eigenvalue weighted by molar-refractivity contribution is 7.89. The lowest BCUT2D eigenvalue weighted by molar-refractivity contribution is -0.134. The van der Waals surface area contributed by atoms with Crippen LogP contribution in [0.1, 0.15) is 13.3 Å². The number of primary sulfonamides is 1. The molecule has 0 saturated carbocycles. The number of rotatable bonds is 4. The van der Waals surface area contributed by atoms with Crippen LogP contribution in [0.2, 0.25) is 0 Å². The lowest BCUT2D eigenvalue weighted by Gasteiger charge is -2.34. The Labute approximate surface area is 130 Å². The molecule has 1 amide bonds. The molecule has 120 valence electrons. The van der Waals surface area contributed by atoms with E-state index in [0.29, 0.717) is 13.1 Å². The van der Waals surface area contributed by atoms with E-state index in [-0.39, 0.29) is 35.7 Å². The first-order valence-corrected chi connectivity index (χ1v) is 7.98. The van der Waals surface area contributed by atoms with Gasteiger partial charge in [-0.15, -0.1) is 12.4 Å². The number of amides is 1. The van der Waals surface area contributed by atoms with Gasteiger partial charge in [0.25, 0.3) is 0 Å². The van der Waals surface area contributed by atoms with E-state index in [4.69, 9.17) is 5.14 Å². The van der Waals surface area contributed by atoms with Crippen molar-refractivity contribution >= 4 is 28.3 Å². The van der Waals surface area contributed by atoms with Gasteiger partial charge in [-0.1, -0.05) is 0 Å². The van der Waals surface area contributed by atoms with Crippen molar-refractivity contribution in [2.24, 2.45) is 5.14 Å². The van der Waals surface area contributed by atoms with Gasteiger partial charge in [0.2, 0.25) is 15.9 Å². The molecular weight excluding hydrogens is 318 g/mol. The average Bonchev–Trinajstić information content (AvgIpc) is 2.85. The molecule has 1 atom stereocenters. The molecule has 1 aliphatic heterocycles. The molecule has 1 fully saturated rings. The normalized spacial score (nSPS) is 19.1. The Morgan fingerprint density at radius 2 is 2.29 bits per heavy atom. The molecule has 21 heavy (non-hydrogen) atoms. The van der Waals surface area contributed by atoms with Gasteiger partial charge in [0, 0.05) is 44.8 Å². The first-order valence-electron chi connectivity index (χ1n) is 6.43. The summed E-state index contributed by atoms with van der Waals surface area (Å²) >= 11 is 0. The number of nitrogens with two attached hydrogens (primary N) is 1. The Balaban J connectivity index is 0.00000220. The van der Waals surface area contributed by atoms with Gasteiger partial charge in [0.1, 0.15) is 4.90 Å². The van der Waals surface area contributed by atoms with Gasteiger partial charge in [-0.05, 0) is 6.92 Å². The van der Waals surface area contributed by atoms with Crippen LogP contribution in [0.3, 0.4) is 0 Å². The number of halogens is 1. The number of hydrogen-bond acceptors (Lipinski definition) is 5. The molecule has 3 N–H and O–H groups in total. The van der Waals surface area contributed by atoms with Crippen LogP contribution in [-0.2, 0) is 21.4 Å². The predicted octanol–water partition coefficient (Wildman–Crippen LogP) is -0.837. The minimum Gasteiger partial charge on any atom is -0.337 e. The molecule has 8 nitrogen and oxygen atoms in total. The summed E-state index contributed by atoms with van der Waals surface area (Å²) in [6.45, 7) is 4.63. The third-order valence-electron chi connectivity index (χ3n) is 3.31. The Hall–Kier alpha value is -1.16. The minimum absolute atomic E-state index is 0. The van der Waals surface area contributed by atoms with Crippen molar-refractivity contribution in [1.29, 1.82) is 0 Å². The molecule has 1 aromatic rings. The largest absolute Gasteiger partial charge is 0.337 e. The fraction of sp³-hybridized carbons (Fsp3) is 0.636. The number of hydrogen-bond donors (Lipinski definition) is 2. The van der Waals surface area contributed by atoms with Crippen molar-refractivity contribution in [3.05, 3.63) is 12.4 Å². The zero-order chi connectivity index (χ0) is 14.8. The summed E-state index contributed by atoms with van der Waals surface area (Å²) in [5.41, 5.74) is 0. The highest BCUT2D eigenvalue weighted by Gasteiger charge is 2.22. The first kappa shape index (κ1) is 17.9. The van der Waals surface area contributed by atoms with E-state index in [9.17, 15) is 13.2 Å². The van der Waals surface area contributed by atoms with Crippen LogP contribution in [0, 0.1) is 0 Å². The van der Waals surface area contributed by atoms with E-state index in [1.165, 1.54) is 17.1 Å². The Morgan fingerprint density at radius 3 is 2.86 bits per heavy atom. The molecule has 10 heteroatoms. The van der Waals surface area contributed by atoms with Gasteiger partial charge in [-0.2, -0.15) is 5.10 Å². The molecule has 1 aliphatic rings. The third kappa shape index (κ3) is 4.67. The number of aromatic nitrogens is 2. The van der Waals surface area contributed by atoms with Crippen LogP contribution in [-0.4, -0.2) is 54.7 Å². The summed E-state index contributed by atoms with van der Waals surface area (Å²) in [6.07, 6.45) is 2.81. The molecule has 1 aromatic heterocycles. The van der Waals surface area contributed by atoms with Crippen LogP contribution in [0.4, 0.5) is 0 Å². The summed E-state index contributed by atoms with van der Waals surface area (Å²) in [5.74, 6) is 0.0478. The van der Waals surface area contributed by atoms with Crippen LogP contribution in [0.15, 0.2) is 17.3 Å². The van der Waals surface area contributed by atoms with E-state index in [1.54, 1.807) is 0 Å². The van der Waals surface area contributed by atoms with Crippen molar-refractivity contribution < 1.29 is 13.2 Å². The number of sulfonamides is 1. The minimum atomic E-state index is -3.74. The van der Waals surface area contributed by atoms with Gasteiger partial charge in [0.05, 0.1) is 6.20 Å². The highest BCUT2D eigenvalue weighted by atomic mass is 35.5. The van der Waals surface area contributed by atoms with E-state index in [0.717, 1.165) is 13.1 Å². The summed E-state index contributed by atoms with van der Waals surface area (Å²) in [4.78, 5) is 13.9. The quantitative estimate of drug-likeness (QED) is 0.744. The number of nitrogens with one attached hydrogen (secondary N) is 1. The zero-order valence-electron chi connectivity index (χ0n) is 11.7. The number of carbonyl (C=O) groups excluding carboxylic acids is 1. The highest BCUT2D eigenvalue weighted by Crippen LogP contribution is 2.08. The average molecular weight is 338 g/mol. The number of nitrogens with zero attached hydrogens (tertiary/aromatic N) is 3. The van der Waals surface area contributed by atoms with Crippen molar-refractivity contribution in [2.75, 3.05) is 19.6 Å². The molecule has 0 unspecified atom stereocenters. The Bertz CT molecular complexity index is 588. The Kier molecular flexibility index (Phi) is 6.14. The summed E-state index contributed by atoms with van der Waals surface area (Å²) in [7, 11) is -3.74. The first-order chi connectivity index (χ1) is 9.38. The fourth-order valence-corrected chi connectivity index (χ4v) is 2.64. The SMILES string of the molecule is C[C@H]1CNCCN1C(=O)CCn1cc(S(N)(=O)=O)cn1.Cl. The number of carbonyl (C=O) groups is 1. The number of piperazine rings is 1. The monoisotopic (exact) mass is 337 g/mol. The van der Waals surface area contributed by atoms with E-state index >= 15 is 0 Å². The van der Waals surface area contributed by atoms with E-state index < -0.39 is 10.0 Å². The van der Waals surface area contributed by atoms with Crippen molar-refractivity contribution in [3.8, 4) is 0 Å². The van der Waals surface area contributed by atoms with E-state index in [2.05, 4.69) is 10.4 Å². The van der Waals surface area contributed by atoms with Crippen LogP contribution >= 0.6 is 12.4 Å². The lowest BCUT2D eigenvalue weighted by Crippen LogP contribution is -2.52. The Morgan fingerprint density at radius 1 is 1.57 bits per heavy atom. The maximum Gasteiger partial charge on any atom is 0.241 e. The lowest BCUT2D eigenvalue weighted by atomic mass is 10.2. The molecule has 0 spiro atoms. The fourth-order valence-electron chi connectivity index (χ4n) is 2.18. The van der Waals surface area contributed by atoms with Gasteiger partial charge in [0.15, 0.2) is 0 Å². The summed E-state index contributed by atoms with van der Waals surface area (Å²) < 4.78 is 23.7. The molecule has 1 saturated heterocycles. The van der Waals surface area contributed by atoms with Crippen molar-refractivity contribution in [3.63, 3.8) is 0 Å². The maximum absolute atomic E-state index is 12.1. The number of aryl methyl sites for hydroxylation is 1. The standard InChI is InChI=1S/C11H19N5O3S.ClH/c1-9-6-13-3-5-16(9)11(17)2-4-15-8-10(7-14-15)20(12,18)19;/h7-9,13H,2-6H2,1H3,(H2,12,18,19);1H/t9-;/m0./s1. The van der Waals surface area contributed by atoms with Gasteiger partial charge >= 0.3 is 0 Å². The molecule has 2 heterocycles. The smallest absolute Gasteiger partial charge is 0.241 e. The molecular formula is C11H20ClN5O3S. The van der Waals surface area contributed by atoms with Crippen LogP contribution in [0.25, 0.3) is 0 Å². The topological polar surface area (TPSA) is 110 Å². The van der Waals surface area contributed by atoms with E-state index in [1.807, 2.05) is 11.8 Å². The maximum atomic E-state index is 12.1. The van der Waals surface area contributed by atoms with Crippen LogP contribution in [0.5, 0.6) is 0 Å². The second kappa shape index (κ2) is 7.21. The summed E-state index contributed by atoms with van der Waals surface area (Å²) in [6, 6.07) is 0.175. The predicted molar refractivity (Wildman–Crippen MR) is 79.5 cm³/mol. The molecule has 0 radical (unpaired) electrons. The second-order valence-corrected chi connectivity index (χ2v) is 6.44. The van der Waals surface area contributed by atoms with Gasteiger partial charge < -0.3 is 10.2 Å². The van der Waals surface area contributed by atoms with Crippen molar-refractivity contribution in [2.45, 2.75) is 30.8 Å².